The van der Waals surface area contributed by atoms with Crippen LogP contribution in [0.1, 0.15) is 70.1 Å². The van der Waals surface area contributed by atoms with Gasteiger partial charge in [-0.25, -0.2) is 23.9 Å². The van der Waals surface area contributed by atoms with Crippen molar-refractivity contribution in [2.24, 2.45) is 11.7 Å². The number of nitrogens with one attached hydrogen (secondary N) is 5. The predicted octanol–water partition coefficient (Wildman–Crippen LogP) is 2.88. The van der Waals surface area contributed by atoms with E-state index < -0.39 is 54.1 Å². The van der Waals surface area contributed by atoms with E-state index in [0.29, 0.717) is 71.8 Å². The van der Waals surface area contributed by atoms with Gasteiger partial charge >= 0.3 is 12.1 Å². The highest BCUT2D eigenvalue weighted by Crippen LogP contribution is 2.28. The molecule has 25 heteroatoms. The molecule has 3 aliphatic heterocycles. The lowest BCUT2D eigenvalue weighted by molar-refractivity contribution is -0.137. The van der Waals surface area contributed by atoms with Crippen LogP contribution in [0.5, 0.6) is 11.5 Å². The number of fused-ring (bicyclic) bond motifs is 2. The first-order chi connectivity index (χ1) is 37.5. The van der Waals surface area contributed by atoms with Crippen molar-refractivity contribution in [1.29, 1.82) is 0 Å². The second-order valence-electron chi connectivity index (χ2n) is 19.4. The lowest BCUT2D eigenvalue weighted by Crippen LogP contribution is -2.54. The van der Waals surface area contributed by atoms with Crippen molar-refractivity contribution in [3.05, 3.63) is 94.6 Å². The Hall–Kier alpha value is -8.48. The van der Waals surface area contributed by atoms with Gasteiger partial charge in [0.1, 0.15) is 30.6 Å². The molecule has 416 valence electrons. The molecule has 4 aromatic rings. The van der Waals surface area contributed by atoms with Crippen molar-refractivity contribution in [2.45, 2.75) is 103 Å². The van der Waals surface area contributed by atoms with Crippen LogP contribution in [0.25, 0.3) is 11.0 Å². The number of primary amides is 1. The average Bonchev–Trinajstić information content (AvgIpc) is 3.75. The number of pyridine rings is 1. The van der Waals surface area contributed by atoms with E-state index in [1.54, 1.807) is 73.0 Å². The molecule has 2 aromatic heterocycles. The van der Waals surface area contributed by atoms with Gasteiger partial charge in [-0.3, -0.25) is 48.3 Å². The van der Waals surface area contributed by atoms with Crippen LogP contribution in [-0.4, -0.2) is 148 Å². The molecular weight excluding hydrogens is 1020 g/mol. The zero-order chi connectivity index (χ0) is 55.9. The van der Waals surface area contributed by atoms with Gasteiger partial charge in [-0.05, 0) is 80.0 Å². The van der Waals surface area contributed by atoms with Gasteiger partial charge in [0.05, 0.1) is 42.6 Å². The fourth-order valence-electron chi connectivity index (χ4n) is 9.19. The second kappa shape index (κ2) is 27.0. The van der Waals surface area contributed by atoms with E-state index in [1.165, 1.54) is 30.4 Å². The summed E-state index contributed by atoms with van der Waals surface area (Å²) in [6, 6.07) is 11.0. The summed E-state index contributed by atoms with van der Waals surface area (Å²) < 4.78 is 34.7. The van der Waals surface area contributed by atoms with Crippen molar-refractivity contribution in [1.82, 2.24) is 45.2 Å². The highest BCUT2D eigenvalue weighted by atomic mass is 19.1. The number of hydrogen-bond donors (Lipinski definition) is 6. The number of halogens is 1. The van der Waals surface area contributed by atoms with Crippen LogP contribution in [0.15, 0.2) is 77.7 Å². The molecule has 0 radical (unpaired) electrons. The number of methoxy groups -OCH3 is 1. The van der Waals surface area contributed by atoms with E-state index >= 15 is 4.39 Å². The largest absolute Gasteiger partial charge is 0.497 e. The number of nitrogens with two attached hydrogens (primary N) is 1. The number of aromatic nitrogens is 3. The minimum atomic E-state index is -1.54. The summed E-state index contributed by atoms with van der Waals surface area (Å²) in [6.07, 6.45) is 3.44. The molecule has 0 unspecified atom stereocenters. The quantitative estimate of drug-likeness (QED) is 0.0411. The molecule has 1 fully saturated rings. The van der Waals surface area contributed by atoms with Crippen molar-refractivity contribution in [3.63, 3.8) is 0 Å². The number of ether oxygens (including phenoxy) is 3. The third-order valence-electron chi connectivity index (χ3n) is 13.4. The molecule has 9 amide bonds. The third-order valence-corrected chi connectivity index (χ3v) is 13.4. The Labute approximate surface area is 448 Å². The number of anilines is 2. The van der Waals surface area contributed by atoms with Crippen molar-refractivity contribution >= 4 is 70.1 Å². The van der Waals surface area contributed by atoms with Crippen molar-refractivity contribution in [3.8, 4) is 11.5 Å². The Morgan fingerprint density at radius 3 is 2.41 bits per heavy atom. The zero-order valence-corrected chi connectivity index (χ0v) is 43.7. The van der Waals surface area contributed by atoms with Gasteiger partial charge in [-0.2, -0.15) is 0 Å². The number of amides is 9. The number of urea groups is 1. The van der Waals surface area contributed by atoms with E-state index in [1.807, 2.05) is 4.90 Å². The number of likely N-dealkylation sites (tertiary alicyclic amines) is 1. The van der Waals surface area contributed by atoms with Crippen LogP contribution in [-0.2, 0) is 53.2 Å². The summed E-state index contributed by atoms with van der Waals surface area (Å²) in [5.74, 6) is -2.04. The fourth-order valence-corrected chi connectivity index (χ4v) is 9.19. The lowest BCUT2D eigenvalue weighted by Gasteiger charge is -2.40. The lowest BCUT2D eigenvalue weighted by atomic mass is 10.0. The smallest absolute Gasteiger partial charge is 0.410 e. The minimum absolute atomic E-state index is 0.0516. The average molecular weight is 1080 g/mol. The van der Waals surface area contributed by atoms with Gasteiger partial charge in [-0.15, -0.1) is 0 Å². The van der Waals surface area contributed by atoms with E-state index in [4.69, 9.17) is 19.9 Å². The molecule has 0 spiro atoms. The summed E-state index contributed by atoms with van der Waals surface area (Å²) in [5, 5.41) is 13.4. The number of hydrogen-bond acceptors (Lipinski definition) is 15. The Balaban J connectivity index is 0.959. The Morgan fingerprint density at radius 1 is 0.923 bits per heavy atom. The number of piperidine rings is 1. The molecule has 1 saturated heterocycles. The molecule has 0 aliphatic carbocycles. The monoisotopic (exact) mass is 1080 g/mol. The van der Waals surface area contributed by atoms with Crippen LogP contribution >= 0.6 is 0 Å². The number of nitrogens with zero attached hydrogens (tertiary/aromatic N) is 6. The van der Waals surface area contributed by atoms with E-state index in [0.717, 1.165) is 4.90 Å². The first kappa shape index (κ1) is 57.2. The van der Waals surface area contributed by atoms with Gasteiger partial charge < -0.3 is 51.1 Å². The molecule has 0 bridgehead atoms. The molecule has 7 rings (SSSR count). The van der Waals surface area contributed by atoms with E-state index in [2.05, 4.69) is 36.6 Å². The van der Waals surface area contributed by atoms with Gasteiger partial charge in [0, 0.05) is 69.6 Å². The number of benzene rings is 2. The number of unbranched alkanes of at least 4 members (excludes halogenated alkanes) is 2. The van der Waals surface area contributed by atoms with Gasteiger partial charge in [0.2, 0.25) is 17.7 Å². The summed E-state index contributed by atoms with van der Waals surface area (Å²) in [4.78, 5) is 128. The first-order valence-corrected chi connectivity index (χ1v) is 25.8. The molecule has 3 aliphatic rings. The number of imide groups is 1. The van der Waals surface area contributed by atoms with Gasteiger partial charge in [-0.1, -0.05) is 32.4 Å². The van der Waals surface area contributed by atoms with Crippen LogP contribution in [0.3, 0.4) is 0 Å². The van der Waals surface area contributed by atoms with E-state index in [9.17, 15) is 43.2 Å². The number of rotatable bonds is 25. The number of carbonyl (C=O) groups is 8. The molecule has 0 saturated carbocycles. The normalized spacial score (nSPS) is 16.9. The standard InChI is InChI=1S/C53H65FN12O12/c1-32(2)48(61-43(67)9-5-4-6-22-65-45(69)18-19-46(65)70)51(73)60-39(8-7-21-56-52(55)74)50(72)59-34-12-10-33(11-13-34)30-78-53(75)66(28-35-14-17-42-49(58-35)62-44(68)31-77-42)40-20-23-63(29-37(40)54)24-25-64-41-26-36(76-3)15-16-38(41)57-27-47(64)71/h10-19,26-27,32,37,39-40,48H,4-9,20-25,28-31H2,1-3H3,(H,59,72)(H,60,73)(H,61,67)(H3,55,56,74)(H,58,62,68)/t37-,39+,40-,48+/m1/s1. The van der Waals surface area contributed by atoms with Crippen LogP contribution in [0.4, 0.5) is 25.5 Å². The van der Waals surface area contributed by atoms with Crippen LogP contribution < -0.4 is 47.4 Å². The molecule has 4 atom stereocenters. The molecule has 5 heterocycles. The molecule has 78 heavy (non-hydrogen) atoms. The van der Waals surface area contributed by atoms with Gasteiger partial charge in [0.25, 0.3) is 23.3 Å². The third kappa shape index (κ3) is 15.6. The number of alkyl halides is 1. The maximum absolute atomic E-state index is 16.5. The fraction of sp³-hybridized carbons (Fsp3) is 0.453. The predicted molar refractivity (Wildman–Crippen MR) is 281 cm³/mol. The minimum Gasteiger partial charge on any atom is -0.497 e. The molecule has 7 N–H and O–H groups in total. The SMILES string of the molecule is COc1ccc2ncc(=O)n(CCN3CC[C@@H](N(Cc4ccc5c(n4)NC(=O)CO5)C(=O)OCc4ccc(NC(=O)[C@H](CCCNC(N)=O)NC(=O)[C@@H](NC(=O)CCCCCN5C(=O)C=CC5=O)C(C)C)cc4)[C@H](F)C3)c2c1. The Kier molecular flexibility index (Phi) is 19.8. The maximum Gasteiger partial charge on any atom is 0.410 e. The topological polar surface area (TPSA) is 308 Å². The maximum atomic E-state index is 16.5. The van der Waals surface area contributed by atoms with Crippen LogP contribution in [0.2, 0.25) is 0 Å². The Bertz CT molecular complexity index is 2940. The van der Waals surface area contributed by atoms with Crippen molar-refractivity contribution in [2.75, 3.05) is 57.1 Å². The first-order valence-electron chi connectivity index (χ1n) is 25.8. The van der Waals surface area contributed by atoms with Crippen molar-refractivity contribution < 1.29 is 57.0 Å². The van der Waals surface area contributed by atoms with Gasteiger partial charge in [0.15, 0.2) is 18.2 Å². The Morgan fingerprint density at radius 2 is 1.69 bits per heavy atom. The highest BCUT2D eigenvalue weighted by molar-refractivity contribution is 6.12. The molecule has 2 aromatic carbocycles. The summed E-state index contributed by atoms with van der Waals surface area (Å²) >= 11 is 0. The summed E-state index contributed by atoms with van der Waals surface area (Å²) in [6.45, 7) is 4.15. The number of carbonyl (C=O) groups excluding carboxylic acids is 8. The summed E-state index contributed by atoms with van der Waals surface area (Å²) in [5.41, 5.74) is 7.27. The molecular formula is C53H65FN12O12. The zero-order valence-electron chi connectivity index (χ0n) is 43.7. The summed E-state index contributed by atoms with van der Waals surface area (Å²) in [7, 11) is 1.53. The molecule has 24 nitrogen and oxygen atoms in total. The van der Waals surface area contributed by atoms with E-state index in [-0.39, 0.29) is 107 Å². The van der Waals surface area contributed by atoms with Crippen LogP contribution in [0, 0.1) is 5.92 Å². The second-order valence-corrected chi connectivity index (χ2v) is 19.4. The highest BCUT2D eigenvalue weighted by Gasteiger charge is 2.38.